The van der Waals surface area contributed by atoms with E-state index in [1.165, 1.54) is 11.3 Å². The number of ether oxygens (including phenoxy) is 1. The van der Waals surface area contributed by atoms with Crippen LogP contribution in [0.4, 0.5) is 5.13 Å². The zero-order valence-corrected chi connectivity index (χ0v) is 12.2. The molecule has 0 saturated carbocycles. The van der Waals surface area contributed by atoms with Crippen molar-refractivity contribution in [2.24, 2.45) is 0 Å². The first-order valence-electron chi connectivity index (χ1n) is 6.47. The number of aromatic nitrogens is 3. The Morgan fingerprint density at radius 2 is 2.14 bits per heavy atom. The molecule has 0 spiro atoms. The second-order valence-electron chi connectivity index (χ2n) is 4.41. The predicted octanol–water partition coefficient (Wildman–Crippen LogP) is 1.67. The maximum atomic E-state index is 11.8. The molecular formula is C14H12N4O3S. The average Bonchev–Trinajstić information content (AvgIpc) is 3.16. The second kappa shape index (κ2) is 6.35. The van der Waals surface area contributed by atoms with Crippen LogP contribution in [0.25, 0.3) is 11.0 Å². The van der Waals surface area contributed by atoms with Gasteiger partial charge in [0, 0.05) is 11.6 Å². The van der Waals surface area contributed by atoms with Crippen LogP contribution >= 0.6 is 11.3 Å². The highest BCUT2D eigenvalue weighted by atomic mass is 32.1. The van der Waals surface area contributed by atoms with Crippen molar-refractivity contribution in [2.75, 3.05) is 11.9 Å². The van der Waals surface area contributed by atoms with Gasteiger partial charge in [0.15, 0.2) is 11.7 Å². The van der Waals surface area contributed by atoms with Gasteiger partial charge in [0.2, 0.25) is 0 Å². The highest BCUT2D eigenvalue weighted by molar-refractivity contribution is 7.13. The van der Waals surface area contributed by atoms with Gasteiger partial charge in [-0.3, -0.25) is 14.9 Å². The lowest BCUT2D eigenvalue weighted by atomic mass is 10.3. The number of hydrogen-bond acceptors (Lipinski definition) is 6. The number of para-hydroxylation sites is 2. The lowest BCUT2D eigenvalue weighted by molar-refractivity contribution is -0.147. The fraction of sp³-hybridized carbons (Fsp3) is 0.143. The number of nitrogens with zero attached hydrogens (tertiary/aromatic N) is 3. The normalized spacial score (nSPS) is 10.5. The van der Waals surface area contributed by atoms with Crippen molar-refractivity contribution in [3.63, 3.8) is 0 Å². The first-order chi connectivity index (χ1) is 10.7. The van der Waals surface area contributed by atoms with Crippen molar-refractivity contribution in [3.8, 4) is 0 Å². The number of carbonyl (C=O) groups excluding carboxylic acids is 2. The summed E-state index contributed by atoms with van der Waals surface area (Å²) in [6, 6.07) is 7.47. The minimum absolute atomic E-state index is 0.00501. The monoisotopic (exact) mass is 316 g/mol. The zero-order valence-electron chi connectivity index (χ0n) is 11.4. The van der Waals surface area contributed by atoms with Crippen molar-refractivity contribution in [1.29, 1.82) is 0 Å². The number of hydrogen-bond donors (Lipinski definition) is 1. The largest absolute Gasteiger partial charge is 0.454 e. The molecule has 0 fully saturated rings. The van der Waals surface area contributed by atoms with Crippen LogP contribution in [-0.2, 0) is 20.9 Å². The summed E-state index contributed by atoms with van der Waals surface area (Å²) in [7, 11) is 0. The number of carbonyl (C=O) groups is 2. The number of imidazole rings is 1. The minimum atomic E-state index is -0.502. The van der Waals surface area contributed by atoms with Crippen LogP contribution < -0.4 is 5.32 Å². The molecular weight excluding hydrogens is 304 g/mol. The Labute approximate surface area is 129 Å². The van der Waals surface area contributed by atoms with Gasteiger partial charge in [-0.25, -0.2) is 9.97 Å². The van der Waals surface area contributed by atoms with Gasteiger partial charge in [-0.15, -0.1) is 11.3 Å². The van der Waals surface area contributed by atoms with E-state index in [0.717, 1.165) is 11.0 Å². The molecule has 0 atom stereocenters. The van der Waals surface area contributed by atoms with Crippen molar-refractivity contribution in [1.82, 2.24) is 14.5 Å². The summed E-state index contributed by atoms with van der Waals surface area (Å²) < 4.78 is 6.63. The summed E-state index contributed by atoms with van der Waals surface area (Å²) in [5.41, 5.74) is 1.64. The second-order valence-corrected chi connectivity index (χ2v) is 5.30. The Kier molecular flexibility index (Phi) is 4.10. The number of fused-ring (bicyclic) bond motifs is 1. The van der Waals surface area contributed by atoms with Gasteiger partial charge in [0.05, 0.1) is 17.4 Å². The summed E-state index contributed by atoms with van der Waals surface area (Å²) in [5.74, 6) is -0.920. The smallest absolute Gasteiger partial charge is 0.326 e. The van der Waals surface area contributed by atoms with Gasteiger partial charge in [0.1, 0.15) is 6.54 Å². The van der Waals surface area contributed by atoms with Gasteiger partial charge in [0.25, 0.3) is 5.91 Å². The summed E-state index contributed by atoms with van der Waals surface area (Å²) in [5, 5.41) is 4.75. The lowest BCUT2D eigenvalue weighted by Gasteiger charge is -2.06. The highest BCUT2D eigenvalue weighted by Gasteiger charge is 2.11. The number of benzene rings is 1. The Morgan fingerprint density at radius 3 is 2.95 bits per heavy atom. The minimum Gasteiger partial charge on any atom is -0.454 e. The molecule has 7 nitrogen and oxygen atoms in total. The van der Waals surface area contributed by atoms with Crippen LogP contribution in [0, 0.1) is 0 Å². The van der Waals surface area contributed by atoms with E-state index in [2.05, 4.69) is 15.3 Å². The predicted molar refractivity (Wildman–Crippen MR) is 81.4 cm³/mol. The quantitative estimate of drug-likeness (QED) is 0.724. The van der Waals surface area contributed by atoms with Crippen molar-refractivity contribution >= 4 is 39.4 Å². The Balaban J connectivity index is 1.53. The zero-order chi connectivity index (χ0) is 15.4. The van der Waals surface area contributed by atoms with Gasteiger partial charge in [-0.2, -0.15) is 0 Å². The number of nitrogens with one attached hydrogen (secondary N) is 1. The van der Waals surface area contributed by atoms with E-state index in [9.17, 15) is 9.59 Å². The Hall–Kier alpha value is -2.74. The third-order valence-electron chi connectivity index (χ3n) is 2.87. The molecule has 2 heterocycles. The van der Waals surface area contributed by atoms with E-state index in [-0.39, 0.29) is 13.2 Å². The third-order valence-corrected chi connectivity index (χ3v) is 3.56. The van der Waals surface area contributed by atoms with Crippen LogP contribution in [0.5, 0.6) is 0 Å². The third kappa shape index (κ3) is 3.29. The molecule has 0 aliphatic heterocycles. The molecule has 2 aromatic heterocycles. The molecule has 1 aromatic carbocycles. The number of esters is 1. The highest BCUT2D eigenvalue weighted by Crippen LogP contribution is 2.12. The number of anilines is 1. The first kappa shape index (κ1) is 14.2. The SMILES string of the molecule is O=C(COC(=O)Cn1cnc2ccccc21)Nc1nccs1. The maximum Gasteiger partial charge on any atom is 0.326 e. The molecule has 1 amide bonds. The molecule has 3 rings (SSSR count). The maximum absolute atomic E-state index is 11.8. The molecule has 3 aromatic rings. The molecule has 0 radical (unpaired) electrons. The summed E-state index contributed by atoms with van der Waals surface area (Å²) in [6.07, 6.45) is 3.15. The van der Waals surface area contributed by atoms with Gasteiger partial charge in [-0.1, -0.05) is 12.1 Å². The summed E-state index contributed by atoms with van der Waals surface area (Å²) >= 11 is 1.29. The van der Waals surface area contributed by atoms with Gasteiger partial charge in [-0.05, 0) is 12.1 Å². The van der Waals surface area contributed by atoms with E-state index in [4.69, 9.17) is 4.74 Å². The molecule has 0 aliphatic carbocycles. The lowest BCUT2D eigenvalue weighted by Crippen LogP contribution is -2.22. The number of thiazole rings is 1. The first-order valence-corrected chi connectivity index (χ1v) is 7.35. The van der Waals surface area contributed by atoms with E-state index < -0.39 is 11.9 Å². The number of amides is 1. The molecule has 8 heteroatoms. The van der Waals surface area contributed by atoms with Crippen molar-refractivity contribution in [2.45, 2.75) is 6.54 Å². The molecule has 1 N–H and O–H groups in total. The molecule has 0 aliphatic rings. The summed E-state index contributed by atoms with van der Waals surface area (Å²) in [6.45, 7) is -0.337. The van der Waals surface area contributed by atoms with Gasteiger partial charge < -0.3 is 9.30 Å². The van der Waals surface area contributed by atoms with E-state index in [1.807, 2.05) is 24.3 Å². The Morgan fingerprint density at radius 1 is 1.27 bits per heavy atom. The molecule has 22 heavy (non-hydrogen) atoms. The fourth-order valence-corrected chi connectivity index (χ4v) is 2.45. The van der Waals surface area contributed by atoms with E-state index in [0.29, 0.717) is 5.13 Å². The topological polar surface area (TPSA) is 86.1 Å². The van der Waals surface area contributed by atoms with Gasteiger partial charge >= 0.3 is 5.97 Å². The Bertz CT molecular complexity index is 797. The van der Waals surface area contributed by atoms with Crippen LogP contribution in [0.15, 0.2) is 42.2 Å². The van der Waals surface area contributed by atoms with Crippen LogP contribution in [-0.4, -0.2) is 33.0 Å². The summed E-state index contributed by atoms with van der Waals surface area (Å²) in [4.78, 5) is 31.5. The van der Waals surface area contributed by atoms with Crippen LogP contribution in [0.1, 0.15) is 0 Å². The molecule has 0 saturated heterocycles. The molecule has 0 unspecified atom stereocenters. The fourth-order valence-electron chi connectivity index (χ4n) is 1.91. The molecule has 0 bridgehead atoms. The van der Waals surface area contributed by atoms with Crippen molar-refractivity contribution in [3.05, 3.63) is 42.2 Å². The van der Waals surface area contributed by atoms with Crippen molar-refractivity contribution < 1.29 is 14.3 Å². The van der Waals surface area contributed by atoms with E-state index >= 15 is 0 Å². The van der Waals surface area contributed by atoms with Crippen LogP contribution in [0.2, 0.25) is 0 Å². The number of rotatable bonds is 5. The van der Waals surface area contributed by atoms with Crippen LogP contribution in [0.3, 0.4) is 0 Å². The standard InChI is InChI=1S/C14H12N4O3S/c19-12(17-14-15-5-6-22-14)8-21-13(20)7-18-9-16-10-3-1-2-4-11(10)18/h1-6,9H,7-8H2,(H,15,17,19). The van der Waals surface area contributed by atoms with E-state index in [1.54, 1.807) is 22.5 Å². The molecule has 112 valence electrons. The average molecular weight is 316 g/mol.